The molecule has 0 aromatic heterocycles. The van der Waals surface area contributed by atoms with E-state index in [0.717, 1.165) is 6.42 Å². The second-order valence-corrected chi connectivity index (χ2v) is 2.56. The Hall–Kier alpha value is -0.570. The lowest BCUT2D eigenvalue weighted by Crippen LogP contribution is -2.20. The van der Waals surface area contributed by atoms with Crippen molar-refractivity contribution in [3.63, 3.8) is 0 Å². The van der Waals surface area contributed by atoms with Gasteiger partial charge in [-0.3, -0.25) is 4.79 Å². The minimum atomic E-state index is -0.989. The average Bonchev–Trinajstić information content (AvgIpc) is 1.59. The van der Waals surface area contributed by atoms with E-state index in [-0.39, 0.29) is 6.42 Å². The maximum atomic E-state index is 9.88. The Morgan fingerprint density at radius 1 is 1.67 bits per heavy atom. The fraction of sp³-hybridized carbons (Fsp3) is 0.667. The summed E-state index contributed by atoms with van der Waals surface area (Å²) in [7, 11) is 0. The molecule has 3 heteroatoms. The molecule has 0 heterocycles. The van der Waals surface area contributed by atoms with Gasteiger partial charge in [-0.05, 0) is 20.3 Å². The van der Waals surface area contributed by atoms with Crippen LogP contribution >= 0.6 is 0 Å². The smallest absolute Gasteiger partial charge is 0.307 e. The number of carboxylic acid groups (broad SMARTS) is 1. The highest BCUT2D eigenvalue weighted by Crippen LogP contribution is 2.08. The number of carbonyl (C=O) groups is 1. The fourth-order valence-electron chi connectivity index (χ4n) is 0.337. The number of aliphatic hydroxyl groups is 1. The van der Waals surface area contributed by atoms with E-state index in [4.69, 9.17) is 10.2 Å². The predicted octanol–water partition coefficient (Wildman–Crippen LogP) is 0.436. The van der Waals surface area contributed by atoms with Crippen LogP contribution in [0, 0.1) is 6.42 Å². The van der Waals surface area contributed by atoms with Gasteiger partial charge in [0.15, 0.2) is 0 Å². The molecule has 0 spiro atoms. The van der Waals surface area contributed by atoms with E-state index in [0.29, 0.717) is 0 Å². The molecule has 3 nitrogen and oxygen atoms in total. The van der Waals surface area contributed by atoms with Gasteiger partial charge >= 0.3 is 5.97 Å². The van der Waals surface area contributed by atoms with Gasteiger partial charge in [-0.25, -0.2) is 0 Å². The summed E-state index contributed by atoms with van der Waals surface area (Å²) in [6.45, 7) is 3.12. The molecule has 0 aliphatic heterocycles. The van der Waals surface area contributed by atoms with Crippen molar-refractivity contribution in [1.82, 2.24) is 0 Å². The first-order valence-corrected chi connectivity index (χ1v) is 2.70. The normalized spacial score (nSPS) is 11.4. The largest absolute Gasteiger partial charge is 0.481 e. The van der Waals surface area contributed by atoms with E-state index >= 15 is 0 Å². The summed E-state index contributed by atoms with van der Waals surface area (Å²) in [6.07, 6.45) is 1.22. The first kappa shape index (κ1) is 8.43. The SMILES string of the molecule is CC(C)(O)C[CH]C(=O)O. The van der Waals surface area contributed by atoms with Gasteiger partial charge in [0, 0.05) is 0 Å². The van der Waals surface area contributed by atoms with Crippen molar-refractivity contribution in [3.05, 3.63) is 6.42 Å². The second-order valence-electron chi connectivity index (χ2n) is 2.56. The van der Waals surface area contributed by atoms with Gasteiger partial charge in [-0.1, -0.05) is 0 Å². The van der Waals surface area contributed by atoms with E-state index in [9.17, 15) is 4.79 Å². The molecular formula is C6H11O3. The lowest BCUT2D eigenvalue weighted by Gasteiger charge is -2.13. The molecule has 0 aromatic carbocycles. The molecule has 0 saturated carbocycles. The molecule has 0 aliphatic rings. The highest BCUT2D eigenvalue weighted by atomic mass is 16.4. The number of aliphatic carboxylic acids is 1. The molecule has 9 heavy (non-hydrogen) atoms. The van der Waals surface area contributed by atoms with Crippen LogP contribution < -0.4 is 0 Å². The number of hydrogen-bond acceptors (Lipinski definition) is 2. The standard InChI is InChI=1S/C6H11O3/c1-6(2,9)4-3-5(7)8/h3,9H,4H2,1-2H3,(H,7,8). The van der Waals surface area contributed by atoms with Gasteiger partial charge in [0.05, 0.1) is 12.0 Å². The minimum absolute atomic E-state index is 0.183. The molecule has 1 radical (unpaired) electrons. The number of hydrogen-bond donors (Lipinski definition) is 2. The molecule has 0 aliphatic carbocycles. The first-order valence-electron chi connectivity index (χ1n) is 2.70. The Morgan fingerprint density at radius 3 is 2.22 bits per heavy atom. The lowest BCUT2D eigenvalue weighted by molar-refractivity contribution is -0.133. The van der Waals surface area contributed by atoms with Crippen LogP contribution in [0.2, 0.25) is 0 Å². The molecule has 0 unspecified atom stereocenters. The Kier molecular flexibility index (Phi) is 2.65. The first-order chi connectivity index (χ1) is 3.92. The van der Waals surface area contributed by atoms with Crippen molar-refractivity contribution in [3.8, 4) is 0 Å². The van der Waals surface area contributed by atoms with Crippen molar-refractivity contribution >= 4 is 5.97 Å². The molecule has 0 aromatic rings. The Labute approximate surface area is 54.3 Å². The molecule has 0 atom stereocenters. The molecule has 53 valence electrons. The third-order valence-corrected chi connectivity index (χ3v) is 0.776. The van der Waals surface area contributed by atoms with Gasteiger partial charge in [0.2, 0.25) is 0 Å². The highest BCUT2D eigenvalue weighted by Gasteiger charge is 2.13. The van der Waals surface area contributed by atoms with E-state index in [2.05, 4.69) is 0 Å². The summed E-state index contributed by atoms with van der Waals surface area (Å²) in [5, 5.41) is 17.1. The zero-order valence-corrected chi connectivity index (χ0v) is 5.59. The molecule has 0 rings (SSSR count). The van der Waals surface area contributed by atoms with Crippen molar-refractivity contribution in [2.24, 2.45) is 0 Å². The van der Waals surface area contributed by atoms with Crippen LogP contribution in [-0.2, 0) is 4.79 Å². The van der Waals surface area contributed by atoms with Crippen LogP contribution in [0.15, 0.2) is 0 Å². The second kappa shape index (κ2) is 2.82. The van der Waals surface area contributed by atoms with E-state index in [1.165, 1.54) is 0 Å². The van der Waals surface area contributed by atoms with Crippen LogP contribution in [0.4, 0.5) is 0 Å². The monoisotopic (exact) mass is 131 g/mol. The number of rotatable bonds is 3. The fourth-order valence-corrected chi connectivity index (χ4v) is 0.337. The summed E-state index contributed by atoms with van der Waals surface area (Å²) in [5.41, 5.74) is -0.904. The third kappa shape index (κ3) is 7.43. The quantitative estimate of drug-likeness (QED) is 0.584. The van der Waals surface area contributed by atoms with E-state index in [1.54, 1.807) is 13.8 Å². The zero-order chi connectivity index (χ0) is 7.49. The van der Waals surface area contributed by atoms with Crippen LogP contribution in [-0.4, -0.2) is 21.8 Å². The summed E-state index contributed by atoms with van der Waals surface area (Å²) in [4.78, 5) is 9.88. The van der Waals surface area contributed by atoms with Crippen molar-refractivity contribution in [2.75, 3.05) is 0 Å². The molecule has 0 bridgehead atoms. The number of carboxylic acids is 1. The van der Waals surface area contributed by atoms with Gasteiger partial charge in [-0.15, -0.1) is 0 Å². The predicted molar refractivity (Wildman–Crippen MR) is 32.9 cm³/mol. The van der Waals surface area contributed by atoms with Gasteiger partial charge in [0.1, 0.15) is 0 Å². The van der Waals surface area contributed by atoms with E-state index < -0.39 is 11.6 Å². The van der Waals surface area contributed by atoms with E-state index in [1.807, 2.05) is 0 Å². The van der Waals surface area contributed by atoms with Gasteiger partial charge in [0.25, 0.3) is 0 Å². The van der Waals surface area contributed by atoms with Crippen LogP contribution in [0.5, 0.6) is 0 Å². The highest BCUT2D eigenvalue weighted by molar-refractivity contribution is 5.76. The van der Waals surface area contributed by atoms with Crippen molar-refractivity contribution in [1.29, 1.82) is 0 Å². The molecule has 0 fully saturated rings. The Bertz CT molecular complexity index is 101. The molecule has 0 amide bonds. The average molecular weight is 131 g/mol. The summed E-state index contributed by atoms with van der Waals surface area (Å²) in [6, 6.07) is 0. The summed E-state index contributed by atoms with van der Waals surface area (Å²) in [5.74, 6) is -0.989. The minimum Gasteiger partial charge on any atom is -0.481 e. The van der Waals surface area contributed by atoms with Gasteiger partial charge in [-0.2, -0.15) is 0 Å². The summed E-state index contributed by atoms with van der Waals surface area (Å²) < 4.78 is 0. The Morgan fingerprint density at radius 2 is 2.11 bits per heavy atom. The van der Waals surface area contributed by atoms with Crippen LogP contribution in [0.25, 0.3) is 0 Å². The van der Waals surface area contributed by atoms with Crippen LogP contribution in [0.3, 0.4) is 0 Å². The van der Waals surface area contributed by atoms with Gasteiger partial charge < -0.3 is 10.2 Å². The van der Waals surface area contributed by atoms with Crippen molar-refractivity contribution < 1.29 is 15.0 Å². The maximum Gasteiger partial charge on any atom is 0.307 e. The topological polar surface area (TPSA) is 57.5 Å². The zero-order valence-electron chi connectivity index (χ0n) is 5.59. The summed E-state index contributed by atoms with van der Waals surface area (Å²) >= 11 is 0. The molecular weight excluding hydrogens is 120 g/mol. The van der Waals surface area contributed by atoms with Crippen molar-refractivity contribution in [2.45, 2.75) is 25.9 Å². The third-order valence-electron chi connectivity index (χ3n) is 0.776. The Balaban J connectivity index is 3.39. The molecule has 2 N–H and O–H groups in total. The lowest BCUT2D eigenvalue weighted by atomic mass is 10.0. The van der Waals surface area contributed by atoms with Crippen LogP contribution in [0.1, 0.15) is 20.3 Å². The maximum absolute atomic E-state index is 9.88. The molecule has 0 saturated heterocycles.